The first-order valence-corrected chi connectivity index (χ1v) is 8.66. The van der Waals surface area contributed by atoms with Crippen LogP contribution in [0, 0.1) is 11.6 Å². The summed E-state index contributed by atoms with van der Waals surface area (Å²) in [5.74, 6) is -4.20. The van der Waals surface area contributed by atoms with Crippen LogP contribution in [0.1, 0.15) is 32.7 Å². The van der Waals surface area contributed by atoms with E-state index >= 15 is 0 Å². The molecule has 0 saturated heterocycles. The second-order valence-corrected chi connectivity index (χ2v) is 6.19. The highest BCUT2D eigenvalue weighted by molar-refractivity contribution is 5.95. The van der Waals surface area contributed by atoms with Gasteiger partial charge < -0.3 is 15.7 Å². The Morgan fingerprint density at radius 1 is 1.10 bits per heavy atom. The molecule has 2 aromatic carbocycles. The molecule has 11 heteroatoms. The molecular formula is C19H17F2N5O4. The summed E-state index contributed by atoms with van der Waals surface area (Å²) in [4.78, 5) is 37.6. The Balaban J connectivity index is 1.96. The molecule has 2 amide bonds. The van der Waals surface area contributed by atoms with Crippen LogP contribution in [0.25, 0.3) is 10.4 Å². The predicted molar refractivity (Wildman–Crippen MR) is 101 cm³/mol. The van der Waals surface area contributed by atoms with Crippen molar-refractivity contribution < 1.29 is 28.3 Å². The number of hydrogen-bond donors (Lipinski definition) is 3. The molecule has 30 heavy (non-hydrogen) atoms. The lowest BCUT2D eigenvalue weighted by atomic mass is 10.1. The minimum absolute atomic E-state index is 0.0378. The molecule has 0 bridgehead atoms. The van der Waals surface area contributed by atoms with Crippen molar-refractivity contribution in [1.29, 1.82) is 0 Å². The minimum atomic E-state index is -1.16. The molecule has 3 N–H and O–H groups in total. The molecule has 1 atom stereocenters. The van der Waals surface area contributed by atoms with E-state index in [1.165, 1.54) is 12.1 Å². The van der Waals surface area contributed by atoms with E-state index in [0.29, 0.717) is 11.6 Å². The lowest BCUT2D eigenvalue weighted by Gasteiger charge is -2.14. The van der Waals surface area contributed by atoms with Gasteiger partial charge in [-0.05, 0) is 35.4 Å². The molecule has 0 aliphatic rings. The number of carboxylic acids is 1. The molecule has 0 heterocycles. The number of azide groups is 1. The number of amides is 2. The van der Waals surface area contributed by atoms with Crippen molar-refractivity contribution >= 4 is 17.8 Å². The van der Waals surface area contributed by atoms with Gasteiger partial charge in [0.15, 0.2) is 0 Å². The number of rotatable bonds is 9. The fraction of sp³-hybridized carbons (Fsp3) is 0.211. The lowest BCUT2D eigenvalue weighted by molar-refractivity contribution is -0.137. The third kappa shape index (κ3) is 6.57. The van der Waals surface area contributed by atoms with Crippen molar-refractivity contribution in [3.63, 3.8) is 0 Å². The Morgan fingerprint density at radius 2 is 1.80 bits per heavy atom. The van der Waals surface area contributed by atoms with E-state index in [1.807, 2.05) is 0 Å². The van der Waals surface area contributed by atoms with Gasteiger partial charge in [-0.2, -0.15) is 0 Å². The fourth-order valence-electron chi connectivity index (χ4n) is 2.50. The molecule has 2 aromatic rings. The quantitative estimate of drug-likeness (QED) is 0.327. The SMILES string of the molecule is [N-]=[N+]=NC[C@H](CC(=O)O)NC(=O)c1ccc(CNC(=O)c2ccc(F)cc2F)cc1. The van der Waals surface area contributed by atoms with E-state index in [2.05, 4.69) is 20.7 Å². The van der Waals surface area contributed by atoms with Gasteiger partial charge in [0.25, 0.3) is 11.8 Å². The third-order valence-electron chi connectivity index (χ3n) is 3.97. The number of halogens is 2. The van der Waals surface area contributed by atoms with Crippen LogP contribution in [0.5, 0.6) is 0 Å². The average molecular weight is 417 g/mol. The Kier molecular flexibility index (Phi) is 7.83. The number of carboxylic acid groups (broad SMARTS) is 1. The largest absolute Gasteiger partial charge is 0.481 e. The van der Waals surface area contributed by atoms with Gasteiger partial charge in [-0.1, -0.05) is 17.2 Å². The van der Waals surface area contributed by atoms with Crippen LogP contribution in [0.2, 0.25) is 0 Å². The van der Waals surface area contributed by atoms with Crippen LogP contribution >= 0.6 is 0 Å². The molecule has 0 fully saturated rings. The zero-order chi connectivity index (χ0) is 22.1. The summed E-state index contributed by atoms with van der Waals surface area (Å²) in [6.07, 6.45) is -0.408. The van der Waals surface area contributed by atoms with Crippen molar-refractivity contribution in [2.24, 2.45) is 5.11 Å². The van der Waals surface area contributed by atoms with E-state index in [4.69, 9.17) is 10.6 Å². The molecule has 0 aliphatic carbocycles. The lowest BCUT2D eigenvalue weighted by Crippen LogP contribution is -2.38. The molecule has 0 spiro atoms. The number of aliphatic carboxylic acids is 1. The maximum absolute atomic E-state index is 13.6. The monoisotopic (exact) mass is 417 g/mol. The summed E-state index contributed by atoms with van der Waals surface area (Å²) in [5.41, 5.74) is 8.89. The van der Waals surface area contributed by atoms with Crippen molar-refractivity contribution in [2.75, 3.05) is 6.54 Å². The van der Waals surface area contributed by atoms with Crippen molar-refractivity contribution in [3.8, 4) is 0 Å². The number of hydrogen-bond acceptors (Lipinski definition) is 4. The summed E-state index contributed by atoms with van der Waals surface area (Å²) >= 11 is 0. The van der Waals surface area contributed by atoms with Crippen LogP contribution in [-0.2, 0) is 11.3 Å². The smallest absolute Gasteiger partial charge is 0.305 e. The molecule has 0 saturated carbocycles. The minimum Gasteiger partial charge on any atom is -0.481 e. The summed E-state index contributed by atoms with van der Waals surface area (Å²) in [6, 6.07) is 7.78. The van der Waals surface area contributed by atoms with E-state index in [-0.39, 0.29) is 24.2 Å². The first kappa shape index (κ1) is 22.3. The molecule has 0 unspecified atom stereocenters. The Hall–Kier alpha value is -3.98. The van der Waals surface area contributed by atoms with Crippen LogP contribution in [0.3, 0.4) is 0 Å². The van der Waals surface area contributed by atoms with Crippen molar-refractivity contribution in [2.45, 2.75) is 19.0 Å². The zero-order valence-corrected chi connectivity index (χ0v) is 15.5. The fourth-order valence-corrected chi connectivity index (χ4v) is 2.50. The van der Waals surface area contributed by atoms with Crippen LogP contribution < -0.4 is 10.6 Å². The molecule has 156 valence electrons. The van der Waals surface area contributed by atoms with E-state index in [0.717, 1.165) is 12.1 Å². The molecule has 2 rings (SSSR count). The molecule has 9 nitrogen and oxygen atoms in total. The second-order valence-electron chi connectivity index (χ2n) is 6.19. The summed E-state index contributed by atoms with van der Waals surface area (Å²) in [7, 11) is 0. The van der Waals surface area contributed by atoms with Crippen LogP contribution in [-0.4, -0.2) is 35.5 Å². The van der Waals surface area contributed by atoms with Gasteiger partial charge in [0.05, 0.1) is 12.0 Å². The van der Waals surface area contributed by atoms with Gasteiger partial charge in [0.2, 0.25) is 0 Å². The zero-order valence-electron chi connectivity index (χ0n) is 15.5. The van der Waals surface area contributed by atoms with Gasteiger partial charge in [-0.3, -0.25) is 14.4 Å². The van der Waals surface area contributed by atoms with Crippen LogP contribution in [0.4, 0.5) is 8.78 Å². The normalized spacial score (nSPS) is 11.1. The summed E-state index contributed by atoms with van der Waals surface area (Å²) < 4.78 is 26.5. The number of carbonyl (C=O) groups excluding carboxylic acids is 2. The highest BCUT2D eigenvalue weighted by atomic mass is 19.1. The maximum Gasteiger partial charge on any atom is 0.305 e. The standard InChI is InChI=1S/C19H17F2N5O4/c20-13-5-6-15(16(21)7-13)19(30)23-9-11-1-3-12(4-2-11)18(29)25-14(8-17(27)28)10-24-26-22/h1-7,14H,8-10H2,(H,23,30)(H,25,29)(H,27,28)/t14-/m0/s1. The molecule has 0 aromatic heterocycles. The summed E-state index contributed by atoms with van der Waals surface area (Å²) in [6.45, 7) is -0.172. The molecule has 0 radical (unpaired) electrons. The van der Waals surface area contributed by atoms with Crippen molar-refractivity contribution in [1.82, 2.24) is 10.6 Å². The van der Waals surface area contributed by atoms with Crippen LogP contribution in [0.15, 0.2) is 47.6 Å². The highest BCUT2D eigenvalue weighted by Gasteiger charge is 2.17. The van der Waals surface area contributed by atoms with Gasteiger partial charge in [0.1, 0.15) is 11.6 Å². The summed E-state index contributed by atoms with van der Waals surface area (Å²) in [5, 5.41) is 17.1. The first-order valence-electron chi connectivity index (χ1n) is 8.66. The van der Waals surface area contributed by atoms with Gasteiger partial charge in [0, 0.05) is 35.7 Å². The first-order chi connectivity index (χ1) is 14.3. The Labute approximate surface area is 169 Å². The van der Waals surface area contributed by atoms with Crippen molar-refractivity contribution in [3.05, 3.63) is 81.2 Å². The van der Waals surface area contributed by atoms with Gasteiger partial charge >= 0.3 is 5.97 Å². The average Bonchev–Trinajstić information content (AvgIpc) is 2.70. The Bertz CT molecular complexity index is 987. The maximum atomic E-state index is 13.6. The number of benzene rings is 2. The topological polar surface area (TPSA) is 144 Å². The predicted octanol–water partition coefficient (Wildman–Crippen LogP) is 2.78. The number of nitrogens with one attached hydrogen (secondary N) is 2. The van der Waals surface area contributed by atoms with E-state index in [9.17, 15) is 23.2 Å². The highest BCUT2D eigenvalue weighted by Crippen LogP contribution is 2.10. The van der Waals surface area contributed by atoms with Gasteiger partial charge in [-0.15, -0.1) is 0 Å². The number of nitrogens with zero attached hydrogens (tertiary/aromatic N) is 3. The second kappa shape index (κ2) is 10.5. The van der Waals surface area contributed by atoms with E-state index < -0.39 is 41.9 Å². The van der Waals surface area contributed by atoms with E-state index in [1.54, 1.807) is 12.1 Å². The third-order valence-corrected chi connectivity index (χ3v) is 3.97. The van der Waals surface area contributed by atoms with Gasteiger partial charge in [-0.25, -0.2) is 8.78 Å². The molecule has 0 aliphatic heterocycles. The molecular weight excluding hydrogens is 400 g/mol. The Morgan fingerprint density at radius 3 is 2.40 bits per heavy atom. The number of carbonyl (C=O) groups is 3.